The molecule has 2 rings (SSSR count). The van der Waals surface area contributed by atoms with E-state index in [0.29, 0.717) is 5.92 Å². The van der Waals surface area contributed by atoms with Crippen molar-refractivity contribution in [1.82, 2.24) is 0 Å². The average Bonchev–Trinajstić information content (AvgIpc) is 2.48. The van der Waals surface area contributed by atoms with E-state index >= 15 is 0 Å². The van der Waals surface area contributed by atoms with Gasteiger partial charge in [0.15, 0.2) is 0 Å². The Morgan fingerprint density at radius 2 is 2.06 bits per heavy atom. The summed E-state index contributed by atoms with van der Waals surface area (Å²) >= 11 is 0. The largest absolute Gasteiger partial charge is 0.393 e. The van der Waals surface area contributed by atoms with Crippen LogP contribution in [0.5, 0.6) is 0 Å². The average molecular weight is 236 g/mol. The molecule has 1 saturated carbocycles. The lowest BCUT2D eigenvalue weighted by Gasteiger charge is -2.17. The Hall–Kier alpha value is -0.890. The normalized spacial score (nSPS) is 25.6. The van der Waals surface area contributed by atoms with Crippen molar-refractivity contribution in [2.45, 2.75) is 51.6 Å². The van der Waals surface area contributed by atoms with E-state index in [1.807, 2.05) is 13.0 Å². The van der Waals surface area contributed by atoms with E-state index in [1.54, 1.807) is 6.07 Å². The summed E-state index contributed by atoms with van der Waals surface area (Å²) in [5, 5.41) is 9.79. The van der Waals surface area contributed by atoms with E-state index in [0.717, 1.165) is 43.2 Å². The molecule has 0 heterocycles. The highest BCUT2D eigenvalue weighted by atomic mass is 19.1. The van der Waals surface area contributed by atoms with Gasteiger partial charge in [0.05, 0.1) is 6.10 Å². The predicted octanol–water partition coefficient (Wildman–Crippen LogP) is 3.62. The molecule has 0 radical (unpaired) electrons. The molecule has 17 heavy (non-hydrogen) atoms. The van der Waals surface area contributed by atoms with Gasteiger partial charge in [0, 0.05) is 0 Å². The van der Waals surface area contributed by atoms with Crippen LogP contribution in [0.3, 0.4) is 0 Å². The van der Waals surface area contributed by atoms with Crippen LogP contribution in [-0.4, -0.2) is 11.2 Å². The van der Waals surface area contributed by atoms with Crippen molar-refractivity contribution in [3.63, 3.8) is 0 Å². The van der Waals surface area contributed by atoms with Crippen molar-refractivity contribution in [1.29, 1.82) is 0 Å². The third-order valence-corrected chi connectivity index (χ3v) is 3.82. The highest BCUT2D eigenvalue weighted by molar-refractivity contribution is 5.27. The molecule has 2 unspecified atom stereocenters. The Morgan fingerprint density at radius 3 is 2.88 bits per heavy atom. The van der Waals surface area contributed by atoms with Crippen LogP contribution in [-0.2, 0) is 6.42 Å². The first-order chi connectivity index (χ1) is 8.15. The monoisotopic (exact) mass is 236 g/mol. The van der Waals surface area contributed by atoms with Crippen molar-refractivity contribution in [2.75, 3.05) is 0 Å². The van der Waals surface area contributed by atoms with Crippen LogP contribution in [0, 0.1) is 18.7 Å². The quantitative estimate of drug-likeness (QED) is 0.778. The molecule has 94 valence electrons. The Balaban J connectivity index is 2.06. The molecule has 0 bridgehead atoms. The number of aliphatic hydroxyl groups excluding tert-OH is 1. The zero-order valence-electron chi connectivity index (χ0n) is 10.5. The van der Waals surface area contributed by atoms with Crippen LogP contribution in [0.2, 0.25) is 0 Å². The molecule has 1 aromatic rings. The van der Waals surface area contributed by atoms with Gasteiger partial charge in [-0.1, -0.05) is 25.3 Å². The van der Waals surface area contributed by atoms with Gasteiger partial charge in [0.25, 0.3) is 0 Å². The summed E-state index contributed by atoms with van der Waals surface area (Å²) in [6.07, 6.45) is 6.02. The highest BCUT2D eigenvalue weighted by Gasteiger charge is 2.19. The third-order valence-electron chi connectivity index (χ3n) is 3.82. The molecule has 0 spiro atoms. The fraction of sp³-hybridized carbons (Fsp3) is 0.600. The Kier molecular flexibility index (Phi) is 4.16. The van der Waals surface area contributed by atoms with E-state index in [2.05, 4.69) is 0 Å². The maximum Gasteiger partial charge on any atom is 0.123 e. The smallest absolute Gasteiger partial charge is 0.123 e. The second kappa shape index (κ2) is 5.63. The molecular formula is C15H21FO. The lowest BCUT2D eigenvalue weighted by Crippen LogP contribution is -2.13. The number of hydrogen-bond donors (Lipinski definition) is 1. The number of aryl methyl sites for hydroxylation is 1. The van der Waals surface area contributed by atoms with Crippen LogP contribution in [0.4, 0.5) is 4.39 Å². The molecule has 0 saturated heterocycles. The van der Waals surface area contributed by atoms with Gasteiger partial charge in [-0.25, -0.2) is 4.39 Å². The van der Waals surface area contributed by atoms with Crippen molar-refractivity contribution in [3.8, 4) is 0 Å². The van der Waals surface area contributed by atoms with Crippen LogP contribution < -0.4 is 0 Å². The summed E-state index contributed by atoms with van der Waals surface area (Å²) in [6, 6.07) is 5.01. The van der Waals surface area contributed by atoms with Gasteiger partial charge in [-0.05, 0) is 55.4 Å². The molecule has 2 heteroatoms. The topological polar surface area (TPSA) is 20.2 Å². The number of hydrogen-bond acceptors (Lipinski definition) is 1. The number of halogens is 1. The van der Waals surface area contributed by atoms with Crippen LogP contribution in [0.25, 0.3) is 0 Å². The molecule has 0 aliphatic heterocycles. The highest BCUT2D eigenvalue weighted by Crippen LogP contribution is 2.27. The fourth-order valence-electron chi connectivity index (χ4n) is 2.79. The van der Waals surface area contributed by atoms with E-state index < -0.39 is 0 Å². The predicted molar refractivity (Wildman–Crippen MR) is 67.4 cm³/mol. The molecule has 0 amide bonds. The van der Waals surface area contributed by atoms with Crippen molar-refractivity contribution >= 4 is 0 Å². The van der Waals surface area contributed by atoms with Gasteiger partial charge >= 0.3 is 0 Å². The van der Waals surface area contributed by atoms with Crippen LogP contribution in [0.1, 0.15) is 43.2 Å². The summed E-state index contributed by atoms with van der Waals surface area (Å²) in [6.45, 7) is 2.03. The minimum atomic E-state index is -0.156. The second-order valence-electron chi connectivity index (χ2n) is 5.31. The minimum absolute atomic E-state index is 0.153. The lowest BCUT2D eigenvalue weighted by atomic mass is 9.90. The molecule has 1 fully saturated rings. The zero-order chi connectivity index (χ0) is 12.3. The molecule has 1 nitrogen and oxygen atoms in total. The molecule has 1 aliphatic carbocycles. The maximum absolute atomic E-state index is 13.2. The Labute approximate surface area is 103 Å². The summed E-state index contributed by atoms with van der Waals surface area (Å²) in [5.41, 5.74) is 2.26. The van der Waals surface area contributed by atoms with E-state index in [4.69, 9.17) is 0 Å². The number of aliphatic hydroxyl groups is 1. The van der Waals surface area contributed by atoms with Gasteiger partial charge < -0.3 is 5.11 Å². The standard InChI is InChI=1S/C15H21FO/c1-11-6-7-14(16)10-13(11)8-12-4-2-3-5-15(17)9-12/h6-7,10,12,15,17H,2-5,8-9H2,1H3. The van der Waals surface area contributed by atoms with Gasteiger partial charge in [0.2, 0.25) is 0 Å². The fourth-order valence-corrected chi connectivity index (χ4v) is 2.79. The summed E-state index contributed by atoms with van der Waals surface area (Å²) in [4.78, 5) is 0. The van der Waals surface area contributed by atoms with Crippen molar-refractivity contribution in [2.24, 2.45) is 5.92 Å². The SMILES string of the molecule is Cc1ccc(F)cc1CC1CCCCC(O)C1. The number of benzene rings is 1. The zero-order valence-corrected chi connectivity index (χ0v) is 10.5. The third kappa shape index (κ3) is 3.53. The summed E-state index contributed by atoms with van der Waals surface area (Å²) < 4.78 is 13.2. The molecule has 1 N–H and O–H groups in total. The molecule has 1 aliphatic rings. The van der Waals surface area contributed by atoms with Crippen LogP contribution >= 0.6 is 0 Å². The van der Waals surface area contributed by atoms with E-state index in [9.17, 15) is 9.50 Å². The van der Waals surface area contributed by atoms with Gasteiger partial charge in [-0.2, -0.15) is 0 Å². The van der Waals surface area contributed by atoms with E-state index in [1.165, 1.54) is 12.5 Å². The first-order valence-electron chi connectivity index (χ1n) is 6.58. The molecule has 0 aromatic heterocycles. The maximum atomic E-state index is 13.2. The van der Waals surface area contributed by atoms with Crippen molar-refractivity contribution in [3.05, 3.63) is 35.1 Å². The molecular weight excluding hydrogens is 215 g/mol. The van der Waals surface area contributed by atoms with E-state index in [-0.39, 0.29) is 11.9 Å². The Bertz CT molecular complexity index is 375. The number of rotatable bonds is 2. The van der Waals surface area contributed by atoms with Crippen molar-refractivity contribution < 1.29 is 9.50 Å². The first-order valence-corrected chi connectivity index (χ1v) is 6.58. The molecule has 1 aromatic carbocycles. The second-order valence-corrected chi connectivity index (χ2v) is 5.31. The van der Waals surface area contributed by atoms with Gasteiger partial charge in [-0.15, -0.1) is 0 Å². The van der Waals surface area contributed by atoms with Gasteiger partial charge in [-0.3, -0.25) is 0 Å². The summed E-state index contributed by atoms with van der Waals surface area (Å²) in [7, 11) is 0. The lowest BCUT2D eigenvalue weighted by molar-refractivity contribution is 0.141. The Morgan fingerprint density at radius 1 is 1.29 bits per heavy atom. The summed E-state index contributed by atoms with van der Waals surface area (Å²) in [5.74, 6) is 0.354. The van der Waals surface area contributed by atoms with Crippen LogP contribution in [0.15, 0.2) is 18.2 Å². The first kappa shape index (κ1) is 12.6. The minimum Gasteiger partial charge on any atom is -0.393 e. The molecule has 2 atom stereocenters. The van der Waals surface area contributed by atoms with Gasteiger partial charge in [0.1, 0.15) is 5.82 Å².